The van der Waals surface area contributed by atoms with Crippen molar-refractivity contribution < 1.29 is 22.7 Å². The molecule has 0 aromatic heterocycles. The van der Waals surface area contributed by atoms with Gasteiger partial charge in [-0.05, 0) is 30.2 Å². The molecule has 1 amide bonds. The third-order valence-corrected chi connectivity index (χ3v) is 8.91. The van der Waals surface area contributed by atoms with Crippen LogP contribution in [0.4, 0.5) is 0 Å². The molecule has 31 heavy (non-hydrogen) atoms. The van der Waals surface area contributed by atoms with Crippen LogP contribution in [0.1, 0.15) is 16.7 Å². The van der Waals surface area contributed by atoms with E-state index in [9.17, 15) is 13.2 Å². The summed E-state index contributed by atoms with van der Waals surface area (Å²) in [7, 11) is -3.09. The van der Waals surface area contributed by atoms with E-state index in [-0.39, 0.29) is 41.9 Å². The Bertz CT molecular complexity index is 1160. The van der Waals surface area contributed by atoms with Gasteiger partial charge in [-0.15, -0.1) is 0 Å². The van der Waals surface area contributed by atoms with E-state index in [0.29, 0.717) is 23.2 Å². The van der Waals surface area contributed by atoms with Crippen molar-refractivity contribution in [1.82, 2.24) is 4.90 Å². The largest absolute Gasteiger partial charge is 0.454 e. The van der Waals surface area contributed by atoms with E-state index in [1.165, 1.54) is 11.8 Å². The van der Waals surface area contributed by atoms with Crippen molar-refractivity contribution >= 4 is 32.7 Å². The van der Waals surface area contributed by atoms with Gasteiger partial charge in [0.25, 0.3) is 5.91 Å². The van der Waals surface area contributed by atoms with E-state index in [4.69, 9.17) is 9.47 Å². The molecule has 3 aliphatic rings. The van der Waals surface area contributed by atoms with Gasteiger partial charge < -0.3 is 14.4 Å². The Morgan fingerprint density at radius 3 is 2.65 bits per heavy atom. The lowest BCUT2D eigenvalue weighted by atomic mass is 10.1. The first kappa shape index (κ1) is 20.4. The number of aryl methyl sites for hydroxylation is 1. The molecule has 3 aliphatic heterocycles. The molecule has 2 atom stereocenters. The number of carbonyl (C=O) groups excluding carboxylic acids is 1. The number of benzene rings is 2. The number of thioether (sulfide) groups is 1. The highest BCUT2D eigenvalue weighted by atomic mass is 32.2. The van der Waals surface area contributed by atoms with E-state index in [2.05, 4.69) is 4.99 Å². The second-order valence-electron chi connectivity index (χ2n) is 8.07. The average Bonchev–Trinajstić information content (AvgIpc) is 3.37. The van der Waals surface area contributed by atoms with Crippen LogP contribution in [0.15, 0.2) is 47.5 Å². The highest BCUT2D eigenvalue weighted by Crippen LogP contribution is 2.40. The Morgan fingerprint density at radius 2 is 1.84 bits per heavy atom. The second kappa shape index (κ2) is 7.87. The van der Waals surface area contributed by atoms with Gasteiger partial charge in [0.05, 0.1) is 24.0 Å². The Labute approximate surface area is 185 Å². The first-order chi connectivity index (χ1) is 14.9. The molecule has 0 N–H and O–H groups in total. The van der Waals surface area contributed by atoms with E-state index in [0.717, 1.165) is 16.7 Å². The number of fused-ring (bicyclic) bond motifs is 2. The smallest absolute Gasteiger partial charge is 0.252 e. The van der Waals surface area contributed by atoms with Crippen LogP contribution in [0, 0.1) is 6.92 Å². The molecule has 2 saturated heterocycles. The van der Waals surface area contributed by atoms with Crippen molar-refractivity contribution in [1.29, 1.82) is 0 Å². The predicted molar refractivity (Wildman–Crippen MR) is 119 cm³/mol. The van der Waals surface area contributed by atoms with Gasteiger partial charge in [0, 0.05) is 11.8 Å². The topological polar surface area (TPSA) is 85.3 Å². The van der Waals surface area contributed by atoms with Crippen LogP contribution >= 0.6 is 11.8 Å². The van der Waals surface area contributed by atoms with Gasteiger partial charge in [-0.25, -0.2) is 8.42 Å². The zero-order chi connectivity index (χ0) is 21.6. The number of amides is 1. The molecule has 2 aromatic rings. The van der Waals surface area contributed by atoms with Gasteiger partial charge in [-0.2, -0.15) is 4.99 Å². The van der Waals surface area contributed by atoms with Crippen molar-refractivity contribution in [2.45, 2.75) is 31.2 Å². The van der Waals surface area contributed by atoms with Crippen LogP contribution < -0.4 is 9.47 Å². The SMILES string of the molecule is Cc1ccc(CC(=O)N=C2S[C@@H]3CS(=O)(=O)C[C@@H]3N2Cc2ccc3c(c2)OCO3)cc1. The summed E-state index contributed by atoms with van der Waals surface area (Å²) < 4.78 is 35.3. The summed E-state index contributed by atoms with van der Waals surface area (Å²) in [6.07, 6.45) is 0.218. The fraction of sp³-hybridized carbons (Fsp3) is 0.364. The molecule has 0 spiro atoms. The second-order valence-corrected chi connectivity index (χ2v) is 11.4. The zero-order valence-corrected chi connectivity index (χ0v) is 18.6. The predicted octanol–water partition coefficient (Wildman–Crippen LogP) is 2.56. The monoisotopic (exact) mass is 458 g/mol. The summed E-state index contributed by atoms with van der Waals surface area (Å²) >= 11 is 1.40. The zero-order valence-electron chi connectivity index (χ0n) is 17.0. The van der Waals surface area contributed by atoms with Crippen LogP contribution in [0.3, 0.4) is 0 Å². The molecule has 0 bridgehead atoms. The van der Waals surface area contributed by atoms with Gasteiger partial charge >= 0.3 is 0 Å². The third kappa shape index (κ3) is 4.29. The van der Waals surface area contributed by atoms with Crippen molar-refractivity contribution in [3.05, 3.63) is 59.2 Å². The Balaban J connectivity index is 1.39. The standard InChI is InChI=1S/C22H22N2O5S2/c1-14-2-4-15(5-3-14)9-21(25)23-22-24(17-11-31(26,27)12-20(17)30-22)10-16-6-7-18-19(8-16)29-13-28-18/h2-8,17,20H,9-13H2,1H3/t17-,20+/m0/s1. The maximum absolute atomic E-state index is 12.7. The first-order valence-corrected chi connectivity index (χ1v) is 12.8. The molecule has 0 aliphatic carbocycles. The highest BCUT2D eigenvalue weighted by molar-refractivity contribution is 8.15. The number of ether oxygens (including phenoxy) is 2. The lowest BCUT2D eigenvalue weighted by Gasteiger charge is -2.24. The maximum atomic E-state index is 12.7. The van der Waals surface area contributed by atoms with Crippen molar-refractivity contribution in [3.63, 3.8) is 0 Å². The quantitative estimate of drug-likeness (QED) is 0.696. The van der Waals surface area contributed by atoms with E-state index in [1.54, 1.807) is 0 Å². The third-order valence-electron chi connectivity index (χ3n) is 5.66. The lowest BCUT2D eigenvalue weighted by Crippen LogP contribution is -2.37. The molecular formula is C22H22N2O5S2. The number of sulfone groups is 1. The summed E-state index contributed by atoms with van der Waals surface area (Å²) in [5.41, 5.74) is 3.00. The van der Waals surface area contributed by atoms with Crippen LogP contribution in [0.5, 0.6) is 11.5 Å². The van der Waals surface area contributed by atoms with Crippen LogP contribution in [-0.2, 0) is 27.6 Å². The Hall–Kier alpha value is -2.52. The number of nitrogens with zero attached hydrogens (tertiary/aromatic N) is 2. The minimum absolute atomic E-state index is 0.0837. The number of aliphatic imine (C=N–C) groups is 1. The molecule has 2 fully saturated rings. The molecule has 2 aromatic carbocycles. The summed E-state index contributed by atoms with van der Waals surface area (Å²) in [6.45, 7) is 2.65. The summed E-state index contributed by atoms with van der Waals surface area (Å²) in [6, 6.07) is 13.3. The number of hydrogen-bond donors (Lipinski definition) is 0. The minimum Gasteiger partial charge on any atom is -0.454 e. The molecule has 162 valence electrons. The van der Waals surface area contributed by atoms with Gasteiger partial charge in [0.1, 0.15) is 0 Å². The van der Waals surface area contributed by atoms with Crippen molar-refractivity contribution in [3.8, 4) is 11.5 Å². The van der Waals surface area contributed by atoms with Gasteiger partial charge in [0.15, 0.2) is 26.5 Å². The molecule has 0 saturated carbocycles. The Kier molecular flexibility index (Phi) is 5.18. The maximum Gasteiger partial charge on any atom is 0.252 e. The summed E-state index contributed by atoms with van der Waals surface area (Å²) in [5, 5.41) is 0.490. The number of hydrogen-bond acceptors (Lipinski definition) is 6. The lowest BCUT2D eigenvalue weighted by molar-refractivity contribution is -0.117. The molecule has 7 nitrogen and oxygen atoms in total. The number of rotatable bonds is 4. The molecule has 3 heterocycles. The van der Waals surface area contributed by atoms with Gasteiger partial charge in [-0.3, -0.25) is 4.79 Å². The molecule has 5 rings (SSSR count). The first-order valence-electron chi connectivity index (χ1n) is 10.1. The molecule has 0 unspecified atom stereocenters. The van der Waals surface area contributed by atoms with Crippen molar-refractivity contribution in [2.24, 2.45) is 4.99 Å². The molecule has 0 radical (unpaired) electrons. The summed E-state index contributed by atoms with van der Waals surface area (Å²) in [4.78, 5) is 19.0. The molecular weight excluding hydrogens is 436 g/mol. The highest BCUT2D eigenvalue weighted by Gasteiger charge is 2.48. The number of amidine groups is 1. The summed E-state index contributed by atoms with van der Waals surface area (Å²) in [5.74, 6) is 1.34. The minimum atomic E-state index is -3.09. The van der Waals surface area contributed by atoms with E-state index in [1.807, 2.05) is 54.3 Å². The fourth-order valence-electron chi connectivity index (χ4n) is 4.08. The average molecular weight is 459 g/mol. The van der Waals surface area contributed by atoms with Crippen molar-refractivity contribution in [2.75, 3.05) is 18.3 Å². The fourth-order valence-corrected chi connectivity index (χ4v) is 8.05. The number of carbonyl (C=O) groups is 1. The molecule has 9 heteroatoms. The van der Waals surface area contributed by atoms with E-state index < -0.39 is 9.84 Å². The van der Waals surface area contributed by atoms with E-state index >= 15 is 0 Å². The normalized spacial score (nSPS) is 24.5. The van der Waals surface area contributed by atoms with Gasteiger partial charge in [-0.1, -0.05) is 47.7 Å². The Morgan fingerprint density at radius 1 is 1.10 bits per heavy atom. The van der Waals surface area contributed by atoms with Gasteiger partial charge in [0.2, 0.25) is 6.79 Å². The van der Waals surface area contributed by atoms with Crippen LogP contribution in [0.25, 0.3) is 0 Å². The van der Waals surface area contributed by atoms with Crippen LogP contribution in [-0.4, -0.2) is 54.0 Å². The van der Waals surface area contributed by atoms with Crippen LogP contribution in [0.2, 0.25) is 0 Å².